The highest BCUT2D eigenvalue weighted by Gasteiger charge is 2.26. The number of piperidine rings is 1. The maximum absolute atomic E-state index is 12.3. The summed E-state index contributed by atoms with van der Waals surface area (Å²) < 4.78 is 27.9. The topological polar surface area (TPSA) is 79.5 Å². The maximum Gasteiger partial charge on any atom is 0.270 e. The van der Waals surface area contributed by atoms with E-state index < -0.39 is 9.05 Å². The summed E-state index contributed by atoms with van der Waals surface area (Å²) in [5.74, 6) is -0.235. The van der Waals surface area contributed by atoms with Crippen molar-refractivity contribution in [1.29, 1.82) is 0 Å². The number of halogens is 1. The Hall–Kier alpha value is -1.05. The molecule has 20 heavy (non-hydrogen) atoms. The van der Waals surface area contributed by atoms with Gasteiger partial charge in [0.25, 0.3) is 15.0 Å². The minimum absolute atomic E-state index is 0.0453. The Labute approximate surface area is 122 Å². The number of hydrogen-bond donors (Lipinski definition) is 1. The van der Waals surface area contributed by atoms with Crippen LogP contribution in [0.25, 0.3) is 0 Å². The molecule has 1 aliphatic heterocycles. The van der Waals surface area contributed by atoms with Gasteiger partial charge >= 0.3 is 0 Å². The number of carbonyl (C=O) groups excluding carboxylic acids is 1. The molecule has 1 N–H and O–H groups in total. The summed E-state index contributed by atoms with van der Waals surface area (Å²) in [5.41, 5.74) is 0.223. The molecule has 0 spiro atoms. The molecule has 2 heterocycles. The average molecular weight is 321 g/mol. The van der Waals surface area contributed by atoms with Crippen LogP contribution in [0.15, 0.2) is 17.2 Å². The van der Waals surface area contributed by atoms with Gasteiger partial charge in [-0.2, -0.15) is 0 Å². The van der Waals surface area contributed by atoms with Gasteiger partial charge in [0.05, 0.1) is 6.10 Å². The Bertz CT molecular complexity index is 582. The van der Waals surface area contributed by atoms with E-state index in [1.165, 1.54) is 12.3 Å². The lowest BCUT2D eigenvalue weighted by molar-refractivity contribution is 0.00705. The van der Waals surface area contributed by atoms with E-state index in [0.717, 1.165) is 12.8 Å². The molecule has 1 saturated heterocycles. The average Bonchev–Trinajstić information content (AvgIpc) is 2.88. The molecule has 1 amide bonds. The number of aromatic nitrogens is 1. The molecule has 0 bridgehead atoms. The maximum atomic E-state index is 12.3. The Morgan fingerprint density at radius 1 is 1.60 bits per heavy atom. The van der Waals surface area contributed by atoms with Crippen LogP contribution in [-0.4, -0.2) is 50.0 Å². The number of likely N-dealkylation sites (tertiary alicyclic amines) is 1. The molecule has 6 nitrogen and oxygen atoms in total. The van der Waals surface area contributed by atoms with Crippen molar-refractivity contribution in [3.63, 3.8) is 0 Å². The highest BCUT2D eigenvalue weighted by molar-refractivity contribution is 8.13. The van der Waals surface area contributed by atoms with Crippen molar-refractivity contribution in [3.8, 4) is 0 Å². The number of hydrogen-bond acceptors (Lipinski definition) is 4. The smallest absolute Gasteiger partial charge is 0.270 e. The number of carbonyl (C=O) groups is 1. The number of nitrogens with zero attached hydrogens (tertiary/aromatic N) is 1. The van der Waals surface area contributed by atoms with Crippen LogP contribution in [-0.2, 0) is 13.8 Å². The molecule has 0 aromatic carbocycles. The van der Waals surface area contributed by atoms with Crippen LogP contribution in [0.1, 0.15) is 30.3 Å². The summed E-state index contributed by atoms with van der Waals surface area (Å²) in [7, 11) is 1.41. The Balaban J connectivity index is 2.09. The molecule has 1 fully saturated rings. The second-order valence-corrected chi connectivity index (χ2v) is 7.22. The Morgan fingerprint density at radius 3 is 2.95 bits per heavy atom. The van der Waals surface area contributed by atoms with Crippen LogP contribution < -0.4 is 0 Å². The van der Waals surface area contributed by atoms with Crippen molar-refractivity contribution in [2.75, 3.05) is 19.7 Å². The number of aromatic amines is 1. The third kappa shape index (κ3) is 3.53. The zero-order valence-corrected chi connectivity index (χ0v) is 12.7. The molecule has 2 rings (SSSR count). The summed E-state index contributed by atoms with van der Waals surface area (Å²) in [5, 5.41) is 0. The van der Waals surface area contributed by atoms with Gasteiger partial charge in [0, 0.05) is 36.6 Å². The van der Waals surface area contributed by atoms with Crippen LogP contribution in [0.3, 0.4) is 0 Å². The van der Waals surface area contributed by atoms with Crippen molar-refractivity contribution >= 4 is 25.6 Å². The van der Waals surface area contributed by atoms with Crippen molar-refractivity contribution in [2.45, 2.75) is 30.8 Å². The van der Waals surface area contributed by atoms with Crippen molar-refractivity contribution in [1.82, 2.24) is 9.88 Å². The molecule has 1 atom stereocenters. The number of amides is 1. The van der Waals surface area contributed by atoms with E-state index in [1.54, 1.807) is 4.90 Å². The van der Waals surface area contributed by atoms with E-state index in [9.17, 15) is 13.2 Å². The predicted molar refractivity (Wildman–Crippen MR) is 74.4 cm³/mol. The first kappa shape index (κ1) is 15.3. The monoisotopic (exact) mass is 320 g/mol. The van der Waals surface area contributed by atoms with Gasteiger partial charge in [0.15, 0.2) is 0 Å². The normalized spacial score (nSPS) is 20.1. The molecule has 0 aliphatic carbocycles. The van der Waals surface area contributed by atoms with Crippen molar-refractivity contribution < 1.29 is 17.9 Å². The van der Waals surface area contributed by atoms with Gasteiger partial charge in [-0.05, 0) is 25.8 Å². The van der Waals surface area contributed by atoms with E-state index in [1.807, 2.05) is 6.92 Å². The van der Waals surface area contributed by atoms with Gasteiger partial charge in [0.1, 0.15) is 10.6 Å². The lowest BCUT2D eigenvalue weighted by Crippen LogP contribution is -2.43. The quantitative estimate of drug-likeness (QED) is 0.854. The zero-order chi connectivity index (χ0) is 14.8. The summed E-state index contributed by atoms with van der Waals surface area (Å²) in [6.07, 6.45) is 3.07. The summed E-state index contributed by atoms with van der Waals surface area (Å²) in [6.45, 7) is 3.70. The molecule has 1 unspecified atom stereocenters. The molecule has 0 radical (unpaired) electrons. The number of rotatable bonds is 4. The van der Waals surface area contributed by atoms with E-state index in [-0.39, 0.29) is 22.6 Å². The molecular weight excluding hydrogens is 304 g/mol. The number of nitrogens with one attached hydrogen (secondary N) is 1. The van der Waals surface area contributed by atoms with Gasteiger partial charge in [-0.25, -0.2) is 8.42 Å². The second-order valence-electron chi connectivity index (χ2n) is 4.66. The second kappa shape index (κ2) is 6.15. The number of ether oxygens (including phenoxy) is 1. The van der Waals surface area contributed by atoms with E-state index in [0.29, 0.717) is 19.7 Å². The molecule has 1 aliphatic rings. The van der Waals surface area contributed by atoms with E-state index in [2.05, 4.69) is 4.98 Å². The number of H-pyrrole nitrogens is 1. The van der Waals surface area contributed by atoms with Crippen LogP contribution in [0.4, 0.5) is 0 Å². The van der Waals surface area contributed by atoms with Crippen molar-refractivity contribution in [2.24, 2.45) is 0 Å². The van der Waals surface area contributed by atoms with Crippen LogP contribution in [0, 0.1) is 0 Å². The molecule has 8 heteroatoms. The van der Waals surface area contributed by atoms with E-state index in [4.69, 9.17) is 15.4 Å². The van der Waals surface area contributed by atoms with Crippen LogP contribution in [0.5, 0.6) is 0 Å². The fraction of sp³-hybridized carbons (Fsp3) is 0.583. The molecule has 1 aromatic heterocycles. The Morgan fingerprint density at radius 2 is 2.35 bits per heavy atom. The highest BCUT2D eigenvalue weighted by atomic mass is 35.7. The van der Waals surface area contributed by atoms with Gasteiger partial charge in [-0.3, -0.25) is 4.79 Å². The summed E-state index contributed by atoms with van der Waals surface area (Å²) in [4.78, 5) is 16.5. The molecule has 0 saturated carbocycles. The molecule has 112 valence electrons. The first-order chi connectivity index (χ1) is 9.41. The van der Waals surface area contributed by atoms with Gasteiger partial charge in [-0.1, -0.05) is 0 Å². The fourth-order valence-corrected chi connectivity index (χ4v) is 3.03. The minimum Gasteiger partial charge on any atom is -0.377 e. The lowest BCUT2D eigenvalue weighted by atomic mass is 10.1. The third-order valence-electron chi connectivity index (χ3n) is 3.24. The first-order valence-electron chi connectivity index (χ1n) is 6.45. The minimum atomic E-state index is -3.82. The standard InChI is InChI=1S/C12H17ClN2O4S/c1-2-19-9-4-3-5-15(8-9)12(16)11-6-10(7-14-11)20(13,17)18/h6-7,9,14H,2-5,8H2,1H3. The fourth-order valence-electron chi connectivity index (χ4n) is 2.30. The largest absolute Gasteiger partial charge is 0.377 e. The van der Waals surface area contributed by atoms with Crippen LogP contribution >= 0.6 is 10.7 Å². The third-order valence-corrected chi connectivity index (χ3v) is 4.57. The Kier molecular flexibility index (Phi) is 4.72. The summed E-state index contributed by atoms with van der Waals surface area (Å²) in [6, 6.07) is 1.26. The summed E-state index contributed by atoms with van der Waals surface area (Å²) >= 11 is 0. The van der Waals surface area contributed by atoms with Crippen molar-refractivity contribution in [3.05, 3.63) is 18.0 Å². The van der Waals surface area contributed by atoms with E-state index >= 15 is 0 Å². The zero-order valence-electron chi connectivity index (χ0n) is 11.1. The highest BCUT2D eigenvalue weighted by Crippen LogP contribution is 2.19. The van der Waals surface area contributed by atoms with Gasteiger partial charge in [-0.15, -0.1) is 0 Å². The molecule has 1 aromatic rings. The van der Waals surface area contributed by atoms with Gasteiger partial charge in [0.2, 0.25) is 0 Å². The molecular formula is C12H17ClN2O4S. The van der Waals surface area contributed by atoms with Gasteiger partial charge < -0.3 is 14.6 Å². The van der Waals surface area contributed by atoms with Crippen LogP contribution in [0.2, 0.25) is 0 Å². The first-order valence-corrected chi connectivity index (χ1v) is 8.76. The SMILES string of the molecule is CCOC1CCCN(C(=O)c2cc(S(=O)(=O)Cl)c[nH]2)C1. The lowest BCUT2D eigenvalue weighted by Gasteiger charge is -2.32. The predicted octanol–water partition coefficient (Wildman–Crippen LogP) is 1.58.